The van der Waals surface area contributed by atoms with Crippen molar-refractivity contribution in [2.75, 3.05) is 5.43 Å². The van der Waals surface area contributed by atoms with Gasteiger partial charge in [-0.25, -0.2) is 0 Å². The highest BCUT2D eigenvalue weighted by Gasteiger charge is 2.30. The van der Waals surface area contributed by atoms with E-state index in [1.165, 1.54) is 6.07 Å². The van der Waals surface area contributed by atoms with E-state index in [2.05, 4.69) is 10.5 Å². The highest BCUT2D eigenvalue weighted by atomic mass is 19.4. The number of nitrogens with zero attached hydrogens (tertiary/aromatic N) is 1. The van der Waals surface area contributed by atoms with Crippen LogP contribution < -0.4 is 5.43 Å². The molecule has 5 heteroatoms. The molecule has 3 aromatic rings. The summed E-state index contributed by atoms with van der Waals surface area (Å²) in [6, 6.07) is 23.9. The molecule has 0 aliphatic carbocycles. The molecule has 0 saturated carbocycles. The van der Waals surface area contributed by atoms with E-state index in [-0.39, 0.29) is 5.69 Å². The normalized spacial score (nSPS) is 11.0. The second-order valence-electron chi connectivity index (χ2n) is 5.38. The molecular weight excluding hydrogens is 325 g/mol. The smallest absolute Gasteiger partial charge is 0.278 e. The molecular formula is C20H15F3N2. The van der Waals surface area contributed by atoms with E-state index in [4.69, 9.17) is 0 Å². The van der Waals surface area contributed by atoms with Crippen LogP contribution in [0.5, 0.6) is 0 Å². The summed E-state index contributed by atoms with van der Waals surface area (Å²) in [6.45, 7) is 0. The van der Waals surface area contributed by atoms with Gasteiger partial charge in [-0.1, -0.05) is 66.7 Å². The number of halogens is 3. The van der Waals surface area contributed by atoms with Gasteiger partial charge in [0, 0.05) is 11.1 Å². The van der Waals surface area contributed by atoms with Gasteiger partial charge in [-0.15, -0.1) is 0 Å². The molecule has 3 aromatic carbocycles. The van der Waals surface area contributed by atoms with E-state index in [1.54, 1.807) is 6.07 Å². The van der Waals surface area contributed by atoms with E-state index in [0.717, 1.165) is 23.3 Å². The number of anilines is 1. The van der Waals surface area contributed by atoms with Crippen molar-refractivity contribution in [1.29, 1.82) is 0 Å². The zero-order valence-electron chi connectivity index (χ0n) is 13.2. The molecule has 0 aromatic heterocycles. The minimum Gasteiger partial charge on any atom is -0.278 e. The van der Waals surface area contributed by atoms with E-state index in [1.807, 2.05) is 60.7 Å². The lowest BCUT2D eigenvalue weighted by Crippen LogP contribution is -2.08. The summed E-state index contributed by atoms with van der Waals surface area (Å²) in [5.41, 5.74) is 4.69. The standard InChI is InChI=1S/C20H15F3N2/c21-20(22,23)17-12-7-13-18(14-17)24-25-19(15-8-3-1-4-9-15)16-10-5-2-6-11-16/h1-14,24H. The SMILES string of the molecule is FC(F)(F)c1cccc(NN=C(c2ccccc2)c2ccccc2)c1. The molecule has 0 aliphatic heterocycles. The largest absolute Gasteiger partial charge is 0.416 e. The second-order valence-corrected chi connectivity index (χ2v) is 5.38. The quantitative estimate of drug-likeness (QED) is 0.487. The maximum absolute atomic E-state index is 12.8. The predicted molar refractivity (Wildman–Crippen MR) is 93.6 cm³/mol. The third kappa shape index (κ3) is 4.26. The number of nitrogens with one attached hydrogen (secondary N) is 1. The van der Waals surface area contributed by atoms with Crippen LogP contribution in [0.2, 0.25) is 0 Å². The van der Waals surface area contributed by atoms with Gasteiger partial charge in [-0.2, -0.15) is 18.3 Å². The summed E-state index contributed by atoms with van der Waals surface area (Å²) in [5, 5.41) is 4.36. The minimum absolute atomic E-state index is 0.277. The number of rotatable bonds is 4. The van der Waals surface area contributed by atoms with Crippen molar-refractivity contribution in [2.24, 2.45) is 5.10 Å². The number of benzene rings is 3. The summed E-state index contributed by atoms with van der Waals surface area (Å²) in [7, 11) is 0. The summed E-state index contributed by atoms with van der Waals surface area (Å²) >= 11 is 0. The van der Waals surface area contributed by atoms with Crippen LogP contribution in [-0.4, -0.2) is 5.71 Å². The summed E-state index contributed by atoms with van der Waals surface area (Å²) in [6.07, 6.45) is -4.39. The summed E-state index contributed by atoms with van der Waals surface area (Å²) < 4.78 is 38.5. The maximum atomic E-state index is 12.8. The van der Waals surface area contributed by atoms with Crippen LogP contribution in [0.4, 0.5) is 18.9 Å². The minimum atomic E-state index is -4.39. The number of hydrazone groups is 1. The lowest BCUT2D eigenvalue weighted by molar-refractivity contribution is -0.137. The summed E-state index contributed by atoms with van der Waals surface area (Å²) in [4.78, 5) is 0. The Morgan fingerprint density at radius 2 is 1.28 bits per heavy atom. The fourth-order valence-electron chi connectivity index (χ4n) is 2.37. The highest BCUT2D eigenvalue weighted by Crippen LogP contribution is 2.30. The van der Waals surface area contributed by atoms with E-state index in [9.17, 15) is 13.2 Å². The second kappa shape index (κ2) is 7.21. The Morgan fingerprint density at radius 3 is 1.80 bits per heavy atom. The Hall–Kier alpha value is -3.08. The van der Waals surface area contributed by atoms with Crippen LogP contribution in [0, 0.1) is 0 Å². The van der Waals surface area contributed by atoms with Gasteiger partial charge in [0.05, 0.1) is 17.0 Å². The van der Waals surface area contributed by atoms with E-state index in [0.29, 0.717) is 5.71 Å². The molecule has 0 unspecified atom stereocenters. The van der Waals surface area contributed by atoms with E-state index >= 15 is 0 Å². The molecule has 2 nitrogen and oxygen atoms in total. The number of alkyl halides is 3. The molecule has 0 spiro atoms. The van der Waals surface area contributed by atoms with Crippen molar-refractivity contribution in [3.05, 3.63) is 102 Å². The number of hydrogen-bond donors (Lipinski definition) is 1. The molecule has 0 aliphatic rings. The summed E-state index contributed by atoms with van der Waals surface area (Å²) in [5.74, 6) is 0. The lowest BCUT2D eigenvalue weighted by Gasteiger charge is -2.10. The zero-order valence-corrected chi connectivity index (χ0v) is 13.2. The van der Waals surface area contributed by atoms with Gasteiger partial charge in [0.15, 0.2) is 0 Å². The first kappa shape index (κ1) is 16.8. The molecule has 126 valence electrons. The van der Waals surface area contributed by atoms with Gasteiger partial charge in [0.25, 0.3) is 0 Å². The first-order valence-electron chi connectivity index (χ1n) is 7.66. The Morgan fingerprint density at radius 1 is 0.720 bits per heavy atom. The fraction of sp³-hybridized carbons (Fsp3) is 0.0500. The number of hydrogen-bond acceptors (Lipinski definition) is 2. The molecule has 0 amide bonds. The van der Waals surface area contributed by atoms with Crippen molar-refractivity contribution in [3.63, 3.8) is 0 Å². The van der Waals surface area contributed by atoms with Crippen LogP contribution in [0.25, 0.3) is 0 Å². The zero-order chi connectivity index (χ0) is 17.7. The molecule has 0 fully saturated rings. The third-order valence-corrected chi connectivity index (χ3v) is 3.58. The van der Waals surface area contributed by atoms with Crippen LogP contribution in [-0.2, 0) is 6.18 Å². The van der Waals surface area contributed by atoms with Gasteiger partial charge >= 0.3 is 6.18 Å². The van der Waals surface area contributed by atoms with Crippen LogP contribution >= 0.6 is 0 Å². The first-order valence-corrected chi connectivity index (χ1v) is 7.66. The first-order chi connectivity index (χ1) is 12.0. The Balaban J connectivity index is 1.95. The average Bonchev–Trinajstić information content (AvgIpc) is 2.63. The van der Waals surface area contributed by atoms with Crippen molar-refractivity contribution in [2.45, 2.75) is 6.18 Å². The lowest BCUT2D eigenvalue weighted by atomic mass is 10.0. The average molecular weight is 340 g/mol. The van der Waals surface area contributed by atoms with Gasteiger partial charge in [0.1, 0.15) is 0 Å². The molecule has 3 rings (SSSR count). The van der Waals surface area contributed by atoms with Gasteiger partial charge in [-0.3, -0.25) is 5.43 Å². The van der Waals surface area contributed by atoms with Gasteiger partial charge in [0.2, 0.25) is 0 Å². The van der Waals surface area contributed by atoms with Gasteiger partial charge < -0.3 is 0 Å². The Bertz CT molecular complexity index is 815. The third-order valence-electron chi connectivity index (χ3n) is 3.58. The van der Waals surface area contributed by atoms with Crippen LogP contribution in [0.15, 0.2) is 90.0 Å². The van der Waals surface area contributed by atoms with Crippen LogP contribution in [0.3, 0.4) is 0 Å². The van der Waals surface area contributed by atoms with Crippen molar-refractivity contribution in [3.8, 4) is 0 Å². The maximum Gasteiger partial charge on any atom is 0.416 e. The van der Waals surface area contributed by atoms with Crippen molar-refractivity contribution < 1.29 is 13.2 Å². The Kier molecular flexibility index (Phi) is 4.84. The van der Waals surface area contributed by atoms with Gasteiger partial charge in [-0.05, 0) is 18.2 Å². The Labute approximate surface area is 143 Å². The molecule has 0 radical (unpaired) electrons. The van der Waals surface area contributed by atoms with E-state index < -0.39 is 11.7 Å². The van der Waals surface area contributed by atoms with Crippen LogP contribution in [0.1, 0.15) is 16.7 Å². The molecule has 1 N–H and O–H groups in total. The monoisotopic (exact) mass is 340 g/mol. The predicted octanol–water partition coefficient (Wildman–Crippen LogP) is 5.57. The molecule has 0 heterocycles. The van der Waals surface area contributed by atoms with Crippen molar-refractivity contribution >= 4 is 11.4 Å². The molecule has 25 heavy (non-hydrogen) atoms. The van der Waals surface area contributed by atoms with Crippen molar-refractivity contribution in [1.82, 2.24) is 0 Å². The topological polar surface area (TPSA) is 24.4 Å². The molecule has 0 bridgehead atoms. The fourth-order valence-corrected chi connectivity index (χ4v) is 2.37. The molecule has 0 saturated heterocycles. The molecule has 0 atom stereocenters. The highest BCUT2D eigenvalue weighted by molar-refractivity contribution is 6.13.